The zero-order valence-electron chi connectivity index (χ0n) is 16.3. The van der Waals surface area contributed by atoms with Crippen LogP contribution in [0.15, 0.2) is 84.0 Å². The molecule has 0 radical (unpaired) electrons. The van der Waals surface area contributed by atoms with Crippen LogP contribution in [0.25, 0.3) is 21.9 Å². The number of imidazole rings is 1. The lowest BCUT2D eigenvalue weighted by Crippen LogP contribution is -2.10. The summed E-state index contributed by atoms with van der Waals surface area (Å²) in [7, 11) is 0. The average molecular weight is 389 g/mol. The van der Waals surface area contributed by atoms with Gasteiger partial charge in [0.2, 0.25) is 0 Å². The van der Waals surface area contributed by atoms with Crippen LogP contribution in [0.4, 0.5) is 0 Å². The Hall–Kier alpha value is -4.10. The quantitative estimate of drug-likeness (QED) is 0.444. The van der Waals surface area contributed by atoms with Gasteiger partial charge in [-0.25, -0.2) is 4.98 Å². The highest BCUT2D eigenvalue weighted by Crippen LogP contribution is 2.16. The Kier molecular flexibility index (Phi) is 4.63. The second-order valence-corrected chi connectivity index (χ2v) is 7.30. The largest absolute Gasteiger partial charge is 0.361 e. The molecule has 0 aliphatic rings. The molecule has 0 saturated carbocycles. The smallest absolute Gasteiger partial charge is 0.192 e. The second kappa shape index (κ2) is 7.73. The van der Waals surface area contributed by atoms with Gasteiger partial charge in [0.25, 0.3) is 0 Å². The first-order valence-electron chi connectivity index (χ1n) is 9.85. The zero-order chi connectivity index (χ0) is 20.3. The number of fused-ring (bicyclic) bond motifs is 2. The third kappa shape index (κ3) is 3.61. The zero-order valence-corrected chi connectivity index (χ0v) is 16.3. The van der Waals surface area contributed by atoms with E-state index in [1.54, 1.807) is 6.33 Å². The van der Waals surface area contributed by atoms with Crippen LogP contribution < -0.4 is 5.43 Å². The molecule has 144 valence electrons. The predicted octanol–water partition coefficient (Wildman–Crippen LogP) is 4.59. The number of hydrogen-bond donors (Lipinski definition) is 2. The van der Waals surface area contributed by atoms with Gasteiger partial charge in [-0.1, -0.05) is 48.2 Å². The Labute approximate surface area is 173 Å². The van der Waals surface area contributed by atoms with Gasteiger partial charge in [-0.15, -0.1) is 0 Å². The van der Waals surface area contributed by atoms with Crippen LogP contribution in [0.3, 0.4) is 0 Å². The second-order valence-electron chi connectivity index (χ2n) is 7.30. The van der Waals surface area contributed by atoms with Crippen LogP contribution in [0.5, 0.6) is 0 Å². The van der Waals surface area contributed by atoms with Crippen LogP contribution in [0.1, 0.15) is 22.3 Å². The molecule has 0 spiro atoms. The number of aromatic amines is 2. The van der Waals surface area contributed by atoms with E-state index in [0.29, 0.717) is 18.2 Å². The van der Waals surface area contributed by atoms with E-state index in [9.17, 15) is 4.79 Å². The minimum Gasteiger partial charge on any atom is -0.361 e. The Morgan fingerprint density at radius 1 is 0.867 bits per heavy atom. The van der Waals surface area contributed by atoms with E-state index in [-0.39, 0.29) is 5.43 Å². The number of aromatic nitrogens is 3. The van der Waals surface area contributed by atoms with E-state index in [0.717, 1.165) is 33.2 Å². The van der Waals surface area contributed by atoms with E-state index in [1.807, 2.05) is 60.8 Å². The molecule has 0 bridgehead atoms. The van der Waals surface area contributed by atoms with Gasteiger partial charge in [-0.05, 0) is 41.5 Å². The number of H-pyrrole nitrogens is 2. The SMILES string of the molecule is O=c1c(Cc2ccc3nc[nH]c3c2)c[nH]c2ccc(C#CCc3ccccc3)cc12. The number of nitrogens with one attached hydrogen (secondary N) is 2. The molecule has 2 N–H and O–H groups in total. The summed E-state index contributed by atoms with van der Waals surface area (Å²) in [6, 6.07) is 21.9. The summed E-state index contributed by atoms with van der Waals surface area (Å²) in [4.78, 5) is 23.7. The molecule has 2 aromatic heterocycles. The van der Waals surface area contributed by atoms with E-state index in [2.05, 4.69) is 38.9 Å². The molecule has 0 atom stereocenters. The van der Waals surface area contributed by atoms with E-state index in [4.69, 9.17) is 0 Å². The molecular weight excluding hydrogens is 370 g/mol. The number of rotatable bonds is 3. The summed E-state index contributed by atoms with van der Waals surface area (Å²) < 4.78 is 0. The Balaban J connectivity index is 1.44. The van der Waals surface area contributed by atoms with Crippen molar-refractivity contribution in [2.75, 3.05) is 0 Å². The van der Waals surface area contributed by atoms with Gasteiger partial charge >= 0.3 is 0 Å². The lowest BCUT2D eigenvalue weighted by Gasteiger charge is -2.05. The van der Waals surface area contributed by atoms with Crippen LogP contribution >= 0.6 is 0 Å². The maximum Gasteiger partial charge on any atom is 0.192 e. The summed E-state index contributed by atoms with van der Waals surface area (Å²) in [5.41, 5.74) is 6.58. The third-order valence-electron chi connectivity index (χ3n) is 5.21. The molecule has 0 aliphatic carbocycles. The van der Waals surface area contributed by atoms with Crippen molar-refractivity contribution >= 4 is 21.9 Å². The fraction of sp³-hybridized carbons (Fsp3) is 0.0769. The molecule has 0 fully saturated rings. The van der Waals surface area contributed by atoms with E-state index >= 15 is 0 Å². The van der Waals surface area contributed by atoms with Crippen molar-refractivity contribution < 1.29 is 0 Å². The van der Waals surface area contributed by atoms with Gasteiger partial charge in [-0.2, -0.15) is 0 Å². The molecule has 0 aliphatic heterocycles. The van der Waals surface area contributed by atoms with Crippen LogP contribution in [0.2, 0.25) is 0 Å². The van der Waals surface area contributed by atoms with Crippen molar-refractivity contribution in [3.63, 3.8) is 0 Å². The maximum atomic E-state index is 13.1. The van der Waals surface area contributed by atoms with Crippen LogP contribution in [-0.4, -0.2) is 15.0 Å². The Morgan fingerprint density at radius 2 is 1.77 bits per heavy atom. The standard InChI is InChI=1S/C26H19N3O/c30-26-21(13-20-10-12-24-25(15-20)29-17-28-24)16-27-23-11-9-19(14-22(23)26)8-4-7-18-5-2-1-3-6-18/h1-3,5-6,9-12,14-17H,7,13H2,(H,27,30)(H,28,29). The molecule has 5 aromatic rings. The highest BCUT2D eigenvalue weighted by atomic mass is 16.1. The normalized spacial score (nSPS) is 10.8. The van der Waals surface area contributed by atoms with Gasteiger partial charge in [-0.3, -0.25) is 4.79 Å². The first-order chi connectivity index (χ1) is 14.8. The van der Waals surface area contributed by atoms with Crippen molar-refractivity contribution in [3.8, 4) is 11.8 Å². The minimum atomic E-state index is 0.0418. The minimum absolute atomic E-state index is 0.0418. The van der Waals surface area contributed by atoms with Crippen LogP contribution in [-0.2, 0) is 12.8 Å². The highest BCUT2D eigenvalue weighted by molar-refractivity contribution is 5.81. The first-order valence-corrected chi connectivity index (χ1v) is 9.85. The molecule has 0 unspecified atom stereocenters. The number of nitrogens with zero attached hydrogens (tertiary/aromatic N) is 1. The summed E-state index contributed by atoms with van der Waals surface area (Å²) in [5.74, 6) is 6.38. The van der Waals surface area contributed by atoms with Gasteiger partial charge in [0, 0.05) is 41.1 Å². The van der Waals surface area contributed by atoms with Gasteiger partial charge < -0.3 is 9.97 Å². The molecule has 0 amide bonds. The molecule has 0 saturated heterocycles. The van der Waals surface area contributed by atoms with Crippen molar-refractivity contribution in [3.05, 3.63) is 112 Å². The Bertz CT molecular complexity index is 1470. The molecule has 4 nitrogen and oxygen atoms in total. The molecule has 2 heterocycles. The first kappa shape index (κ1) is 18.0. The predicted molar refractivity (Wildman–Crippen MR) is 120 cm³/mol. The Morgan fingerprint density at radius 3 is 2.67 bits per heavy atom. The summed E-state index contributed by atoms with van der Waals surface area (Å²) in [6.07, 6.45) is 4.73. The fourth-order valence-electron chi connectivity index (χ4n) is 3.63. The lowest BCUT2D eigenvalue weighted by atomic mass is 10.0. The van der Waals surface area contributed by atoms with E-state index < -0.39 is 0 Å². The van der Waals surface area contributed by atoms with Gasteiger partial charge in [0.05, 0.1) is 17.4 Å². The van der Waals surface area contributed by atoms with Crippen molar-refractivity contribution in [2.45, 2.75) is 12.8 Å². The van der Waals surface area contributed by atoms with Gasteiger partial charge in [0.15, 0.2) is 5.43 Å². The summed E-state index contributed by atoms with van der Waals surface area (Å²) >= 11 is 0. The van der Waals surface area contributed by atoms with Crippen molar-refractivity contribution in [1.82, 2.24) is 15.0 Å². The monoisotopic (exact) mass is 389 g/mol. The van der Waals surface area contributed by atoms with Gasteiger partial charge in [0.1, 0.15) is 0 Å². The molecule has 5 rings (SSSR count). The van der Waals surface area contributed by atoms with Crippen molar-refractivity contribution in [2.24, 2.45) is 0 Å². The number of benzene rings is 3. The topological polar surface area (TPSA) is 61.5 Å². The molecule has 30 heavy (non-hydrogen) atoms. The fourth-order valence-corrected chi connectivity index (χ4v) is 3.63. The van der Waals surface area contributed by atoms with Crippen LogP contribution in [0, 0.1) is 11.8 Å². The third-order valence-corrected chi connectivity index (χ3v) is 5.21. The highest BCUT2D eigenvalue weighted by Gasteiger charge is 2.08. The molecule has 3 aromatic carbocycles. The number of pyridine rings is 1. The molecular formula is C26H19N3O. The molecule has 4 heteroatoms. The van der Waals surface area contributed by atoms with Crippen molar-refractivity contribution in [1.29, 1.82) is 0 Å². The average Bonchev–Trinajstić information content (AvgIpc) is 3.25. The summed E-state index contributed by atoms with van der Waals surface area (Å²) in [5, 5.41) is 0.668. The lowest BCUT2D eigenvalue weighted by molar-refractivity contribution is 1.15. The van der Waals surface area contributed by atoms with E-state index in [1.165, 1.54) is 5.56 Å². The number of hydrogen-bond acceptors (Lipinski definition) is 2. The maximum absolute atomic E-state index is 13.1. The summed E-state index contributed by atoms with van der Waals surface area (Å²) in [6.45, 7) is 0.